The Morgan fingerprint density at radius 3 is 2.64 bits per heavy atom. The van der Waals surface area contributed by atoms with Crippen molar-refractivity contribution in [3.8, 4) is 0 Å². The molecule has 1 unspecified atom stereocenters. The Morgan fingerprint density at radius 1 is 1.16 bits per heavy atom. The molecule has 1 aromatic heterocycles. The van der Waals surface area contributed by atoms with Gasteiger partial charge in [-0.25, -0.2) is 4.79 Å². The maximum Gasteiger partial charge on any atom is 0.330 e. The summed E-state index contributed by atoms with van der Waals surface area (Å²) in [5.74, 6) is 0. The van der Waals surface area contributed by atoms with Crippen LogP contribution in [-0.2, 0) is 11.5 Å². The minimum absolute atomic E-state index is 0.154. The predicted octanol–water partition coefficient (Wildman–Crippen LogP) is 2.69. The van der Waals surface area contributed by atoms with Crippen LogP contribution in [0.2, 0.25) is 5.02 Å². The highest BCUT2D eigenvalue weighted by Crippen LogP contribution is 2.15. The van der Waals surface area contributed by atoms with Gasteiger partial charge in [0.05, 0.1) is 0 Å². The van der Waals surface area contributed by atoms with E-state index in [1.54, 1.807) is 0 Å². The van der Waals surface area contributed by atoms with E-state index in [1.165, 1.54) is 22.4 Å². The first-order valence-corrected chi connectivity index (χ1v) is 8.80. The Kier molecular flexibility index (Phi) is 7.91. The molecule has 136 valence electrons. The van der Waals surface area contributed by atoms with Crippen LogP contribution in [0, 0.1) is 0 Å². The van der Waals surface area contributed by atoms with Crippen LogP contribution >= 0.6 is 11.6 Å². The van der Waals surface area contributed by atoms with Crippen molar-refractivity contribution in [1.82, 2.24) is 14.9 Å². The first-order chi connectivity index (χ1) is 12.1. The van der Waals surface area contributed by atoms with Gasteiger partial charge in [-0.3, -0.25) is 14.3 Å². The third-order valence-electron chi connectivity index (χ3n) is 3.91. The summed E-state index contributed by atoms with van der Waals surface area (Å²) in [5, 5.41) is 4.23. The average molecular weight is 366 g/mol. The largest absolute Gasteiger partial charge is 0.361 e. The van der Waals surface area contributed by atoms with Crippen molar-refractivity contribution in [3.05, 3.63) is 68.0 Å². The molecule has 0 aliphatic heterocycles. The summed E-state index contributed by atoms with van der Waals surface area (Å²) in [7, 11) is 0. The summed E-state index contributed by atoms with van der Waals surface area (Å²) < 4.78 is 6.79. The molecule has 2 N–H and O–H groups in total. The summed E-state index contributed by atoms with van der Waals surface area (Å²) in [6, 6.07) is 9.47. The molecule has 25 heavy (non-hydrogen) atoms. The van der Waals surface area contributed by atoms with Crippen molar-refractivity contribution in [2.75, 3.05) is 13.2 Å². The van der Waals surface area contributed by atoms with Gasteiger partial charge in [0.1, 0.15) is 6.73 Å². The van der Waals surface area contributed by atoms with E-state index in [-0.39, 0.29) is 6.73 Å². The second kappa shape index (κ2) is 10.2. The van der Waals surface area contributed by atoms with Crippen LogP contribution in [0.5, 0.6) is 0 Å². The Labute approximate surface area is 151 Å². The SMILES string of the molecule is CC(NCCCCCOCn1ccc(=O)[nH]c1=O)c1ccc(Cl)cc1. The summed E-state index contributed by atoms with van der Waals surface area (Å²) in [6.45, 7) is 3.80. The molecule has 0 saturated carbocycles. The van der Waals surface area contributed by atoms with Crippen LogP contribution in [0.25, 0.3) is 0 Å². The molecular formula is C18H24ClN3O3. The number of benzene rings is 1. The highest BCUT2D eigenvalue weighted by atomic mass is 35.5. The van der Waals surface area contributed by atoms with E-state index in [4.69, 9.17) is 16.3 Å². The summed E-state index contributed by atoms with van der Waals surface area (Å²) in [6.07, 6.45) is 4.46. The smallest absolute Gasteiger partial charge is 0.330 e. The molecule has 0 aliphatic carbocycles. The van der Waals surface area contributed by atoms with E-state index in [0.29, 0.717) is 12.6 Å². The van der Waals surface area contributed by atoms with Crippen LogP contribution < -0.4 is 16.6 Å². The standard InChI is InChI=1S/C18H24ClN3O3/c1-14(15-5-7-16(19)8-6-15)20-10-3-2-4-12-25-13-22-11-9-17(23)21-18(22)24/h5-9,11,14,20H,2-4,10,12-13H2,1H3,(H,21,23,24). The second-order valence-electron chi connectivity index (χ2n) is 5.91. The molecule has 1 heterocycles. The topological polar surface area (TPSA) is 76.1 Å². The van der Waals surface area contributed by atoms with Gasteiger partial charge in [0.2, 0.25) is 0 Å². The predicted molar refractivity (Wildman–Crippen MR) is 99.0 cm³/mol. The Bertz CT molecular complexity index is 755. The summed E-state index contributed by atoms with van der Waals surface area (Å²) in [5.41, 5.74) is 0.369. The number of aromatic amines is 1. The van der Waals surface area contributed by atoms with E-state index < -0.39 is 11.2 Å². The van der Waals surface area contributed by atoms with Crippen LogP contribution in [0.3, 0.4) is 0 Å². The van der Waals surface area contributed by atoms with Gasteiger partial charge in [-0.1, -0.05) is 23.7 Å². The minimum atomic E-state index is -0.451. The van der Waals surface area contributed by atoms with Crippen molar-refractivity contribution in [2.24, 2.45) is 0 Å². The molecule has 0 bridgehead atoms. The first kappa shape index (κ1) is 19.4. The van der Waals surface area contributed by atoms with E-state index >= 15 is 0 Å². The normalized spacial score (nSPS) is 12.2. The van der Waals surface area contributed by atoms with Gasteiger partial charge in [0, 0.05) is 29.9 Å². The van der Waals surface area contributed by atoms with Crippen molar-refractivity contribution < 1.29 is 4.74 Å². The quantitative estimate of drug-likeness (QED) is 0.635. The lowest BCUT2D eigenvalue weighted by atomic mass is 10.1. The molecule has 6 nitrogen and oxygen atoms in total. The molecule has 0 amide bonds. The van der Waals surface area contributed by atoms with Crippen molar-refractivity contribution in [1.29, 1.82) is 0 Å². The van der Waals surface area contributed by atoms with Crippen LogP contribution in [0.1, 0.15) is 37.8 Å². The lowest BCUT2D eigenvalue weighted by Gasteiger charge is -2.14. The van der Waals surface area contributed by atoms with Gasteiger partial charge in [-0.2, -0.15) is 0 Å². The zero-order valence-electron chi connectivity index (χ0n) is 14.3. The number of nitrogens with one attached hydrogen (secondary N) is 2. The van der Waals surface area contributed by atoms with Gasteiger partial charge in [-0.15, -0.1) is 0 Å². The first-order valence-electron chi connectivity index (χ1n) is 8.42. The molecule has 0 fully saturated rings. The fourth-order valence-electron chi connectivity index (χ4n) is 2.40. The molecule has 0 spiro atoms. The zero-order chi connectivity index (χ0) is 18.1. The minimum Gasteiger partial charge on any atom is -0.361 e. The lowest BCUT2D eigenvalue weighted by Crippen LogP contribution is -2.29. The maximum absolute atomic E-state index is 11.5. The lowest BCUT2D eigenvalue weighted by molar-refractivity contribution is 0.0707. The molecular weight excluding hydrogens is 342 g/mol. The maximum atomic E-state index is 11.5. The molecule has 1 atom stereocenters. The molecule has 7 heteroatoms. The Hall–Kier alpha value is -1.89. The van der Waals surface area contributed by atoms with E-state index in [0.717, 1.165) is 30.8 Å². The number of hydrogen-bond donors (Lipinski definition) is 2. The van der Waals surface area contributed by atoms with Crippen molar-refractivity contribution in [2.45, 2.75) is 39.0 Å². The van der Waals surface area contributed by atoms with E-state index in [9.17, 15) is 9.59 Å². The monoisotopic (exact) mass is 365 g/mol. The molecule has 0 aliphatic rings. The average Bonchev–Trinajstić information content (AvgIpc) is 2.59. The van der Waals surface area contributed by atoms with Crippen LogP contribution in [0.4, 0.5) is 0 Å². The van der Waals surface area contributed by atoms with Gasteiger partial charge >= 0.3 is 5.69 Å². The number of ether oxygens (including phenoxy) is 1. The zero-order valence-corrected chi connectivity index (χ0v) is 15.1. The molecule has 0 radical (unpaired) electrons. The van der Waals surface area contributed by atoms with Gasteiger partial charge < -0.3 is 10.1 Å². The van der Waals surface area contributed by atoms with E-state index in [2.05, 4.69) is 17.2 Å². The molecule has 2 rings (SSSR count). The summed E-state index contributed by atoms with van der Waals surface area (Å²) >= 11 is 5.89. The van der Waals surface area contributed by atoms with Crippen LogP contribution in [-0.4, -0.2) is 22.7 Å². The number of unbranched alkanes of at least 4 members (excludes halogenated alkanes) is 2. The number of halogens is 1. The molecule has 2 aromatic rings. The summed E-state index contributed by atoms with van der Waals surface area (Å²) in [4.78, 5) is 24.6. The number of rotatable bonds is 10. The number of hydrogen-bond acceptors (Lipinski definition) is 4. The van der Waals surface area contributed by atoms with E-state index in [1.807, 2.05) is 24.3 Å². The van der Waals surface area contributed by atoms with Gasteiger partial charge in [0.25, 0.3) is 5.56 Å². The fraction of sp³-hybridized carbons (Fsp3) is 0.444. The third kappa shape index (κ3) is 6.86. The highest BCUT2D eigenvalue weighted by molar-refractivity contribution is 6.30. The fourth-order valence-corrected chi connectivity index (χ4v) is 2.53. The molecule has 0 saturated heterocycles. The van der Waals surface area contributed by atoms with Gasteiger partial charge in [0.15, 0.2) is 0 Å². The second-order valence-corrected chi connectivity index (χ2v) is 6.34. The van der Waals surface area contributed by atoms with Crippen molar-refractivity contribution >= 4 is 11.6 Å². The Morgan fingerprint density at radius 2 is 1.92 bits per heavy atom. The van der Waals surface area contributed by atoms with Gasteiger partial charge in [-0.05, 0) is 50.4 Å². The van der Waals surface area contributed by atoms with Crippen LogP contribution in [0.15, 0.2) is 46.1 Å². The Balaban J connectivity index is 1.54. The third-order valence-corrected chi connectivity index (χ3v) is 4.17. The highest BCUT2D eigenvalue weighted by Gasteiger charge is 2.03. The molecule has 1 aromatic carbocycles. The number of aromatic nitrogens is 2. The van der Waals surface area contributed by atoms with Crippen molar-refractivity contribution in [3.63, 3.8) is 0 Å². The number of H-pyrrole nitrogens is 1. The number of nitrogens with zero attached hydrogens (tertiary/aromatic N) is 1.